The van der Waals surface area contributed by atoms with Crippen LogP contribution in [0, 0.1) is 23.7 Å². The third kappa shape index (κ3) is 2.53. The van der Waals surface area contributed by atoms with Crippen LogP contribution in [0.2, 0.25) is 0 Å². The number of nitrogens with zero attached hydrogens (tertiary/aromatic N) is 1. The normalized spacial score (nSPS) is 39.1. The van der Waals surface area contributed by atoms with Crippen molar-refractivity contribution in [2.24, 2.45) is 23.7 Å². The first kappa shape index (κ1) is 13.4. The molecular formula is C16H22ClN2-. The summed E-state index contributed by atoms with van der Waals surface area (Å²) in [6, 6.07) is 6.98. The zero-order valence-electron chi connectivity index (χ0n) is 11.3. The van der Waals surface area contributed by atoms with Gasteiger partial charge < -0.3 is 17.7 Å². The van der Waals surface area contributed by atoms with Crippen LogP contribution < -0.4 is 17.7 Å². The van der Waals surface area contributed by atoms with Crippen LogP contribution in [0.25, 0.3) is 0 Å². The molecule has 0 aliphatic heterocycles. The lowest BCUT2D eigenvalue weighted by molar-refractivity contribution is -0.0143. The predicted molar refractivity (Wildman–Crippen MR) is 71.9 cm³/mol. The molecule has 4 fully saturated rings. The molecule has 4 saturated carbocycles. The van der Waals surface area contributed by atoms with Crippen molar-refractivity contribution in [2.75, 3.05) is 0 Å². The van der Waals surface area contributed by atoms with E-state index >= 15 is 0 Å². The topological polar surface area (TPSA) is 24.9 Å². The first-order chi connectivity index (χ1) is 8.88. The Kier molecular flexibility index (Phi) is 3.81. The molecule has 4 aliphatic carbocycles. The SMILES string of the molecule is [Cl-].c1ccc(CNC2C3CC4CC(C3)CC2C4)nc1. The van der Waals surface area contributed by atoms with Crippen molar-refractivity contribution >= 4 is 0 Å². The van der Waals surface area contributed by atoms with E-state index < -0.39 is 0 Å². The Balaban J connectivity index is 0.00000110. The first-order valence-corrected chi connectivity index (χ1v) is 7.52. The third-order valence-electron chi connectivity index (χ3n) is 5.47. The van der Waals surface area contributed by atoms with Crippen LogP contribution in [-0.2, 0) is 6.54 Å². The molecule has 1 heterocycles. The van der Waals surface area contributed by atoms with E-state index in [0.29, 0.717) is 0 Å². The zero-order valence-corrected chi connectivity index (χ0v) is 12.0. The Morgan fingerprint density at radius 3 is 2.26 bits per heavy atom. The van der Waals surface area contributed by atoms with Crippen molar-refractivity contribution in [1.29, 1.82) is 0 Å². The second-order valence-electron chi connectivity index (χ2n) is 6.66. The molecule has 1 N–H and O–H groups in total. The van der Waals surface area contributed by atoms with E-state index in [2.05, 4.69) is 22.4 Å². The molecule has 3 heteroatoms. The molecule has 2 nitrogen and oxygen atoms in total. The molecule has 0 radical (unpaired) electrons. The van der Waals surface area contributed by atoms with Gasteiger partial charge in [-0.05, 0) is 67.9 Å². The Bertz CT molecular complexity index is 392. The van der Waals surface area contributed by atoms with E-state index in [9.17, 15) is 0 Å². The Morgan fingerprint density at radius 1 is 1.00 bits per heavy atom. The maximum absolute atomic E-state index is 4.42. The summed E-state index contributed by atoms with van der Waals surface area (Å²) in [5, 5.41) is 3.82. The van der Waals surface area contributed by atoms with Gasteiger partial charge in [-0.2, -0.15) is 0 Å². The van der Waals surface area contributed by atoms with Crippen LogP contribution in [0.1, 0.15) is 37.8 Å². The van der Waals surface area contributed by atoms with Crippen molar-refractivity contribution in [2.45, 2.75) is 44.7 Å². The van der Waals surface area contributed by atoms with E-state index in [0.717, 1.165) is 36.3 Å². The van der Waals surface area contributed by atoms with Gasteiger partial charge in [-0.15, -0.1) is 0 Å². The third-order valence-corrected chi connectivity index (χ3v) is 5.47. The summed E-state index contributed by atoms with van der Waals surface area (Å²) in [7, 11) is 0. The van der Waals surface area contributed by atoms with E-state index in [1.54, 1.807) is 6.42 Å². The fourth-order valence-electron chi connectivity index (χ4n) is 4.98. The van der Waals surface area contributed by atoms with Crippen molar-refractivity contribution in [1.82, 2.24) is 10.3 Å². The fourth-order valence-corrected chi connectivity index (χ4v) is 4.98. The molecule has 0 atom stereocenters. The lowest BCUT2D eigenvalue weighted by Gasteiger charge is -2.54. The van der Waals surface area contributed by atoms with Crippen LogP contribution in [0.5, 0.6) is 0 Å². The van der Waals surface area contributed by atoms with Gasteiger partial charge >= 0.3 is 0 Å². The van der Waals surface area contributed by atoms with Gasteiger partial charge in [0.15, 0.2) is 0 Å². The molecule has 4 aliphatic rings. The predicted octanol–water partition coefficient (Wildman–Crippen LogP) is -0.0001000. The lowest BCUT2D eigenvalue weighted by atomic mass is 9.54. The van der Waals surface area contributed by atoms with Gasteiger partial charge in [0.25, 0.3) is 0 Å². The maximum Gasteiger partial charge on any atom is 0.0541 e. The highest BCUT2D eigenvalue weighted by atomic mass is 35.5. The molecule has 4 bridgehead atoms. The molecular weight excluding hydrogens is 256 g/mol. The number of aromatic nitrogens is 1. The monoisotopic (exact) mass is 277 g/mol. The zero-order chi connectivity index (χ0) is 11.9. The highest BCUT2D eigenvalue weighted by Gasteiger charge is 2.47. The van der Waals surface area contributed by atoms with Gasteiger partial charge in [0.1, 0.15) is 0 Å². The molecule has 19 heavy (non-hydrogen) atoms. The van der Waals surface area contributed by atoms with Gasteiger partial charge in [-0.1, -0.05) is 6.07 Å². The smallest absolute Gasteiger partial charge is 0.0541 e. The van der Waals surface area contributed by atoms with Crippen LogP contribution in [0.15, 0.2) is 24.4 Å². The molecule has 5 rings (SSSR count). The van der Waals surface area contributed by atoms with Crippen LogP contribution in [0.4, 0.5) is 0 Å². The fraction of sp³-hybridized carbons (Fsp3) is 0.688. The van der Waals surface area contributed by atoms with Crippen LogP contribution >= 0.6 is 0 Å². The summed E-state index contributed by atoms with van der Waals surface area (Å²) in [6.07, 6.45) is 9.41. The highest BCUT2D eigenvalue weighted by Crippen LogP contribution is 2.53. The van der Waals surface area contributed by atoms with E-state index in [4.69, 9.17) is 0 Å². The Morgan fingerprint density at radius 2 is 1.68 bits per heavy atom. The molecule has 0 aromatic carbocycles. The van der Waals surface area contributed by atoms with Gasteiger partial charge in [0.2, 0.25) is 0 Å². The van der Waals surface area contributed by atoms with Crippen molar-refractivity contribution in [3.63, 3.8) is 0 Å². The summed E-state index contributed by atoms with van der Waals surface area (Å²) >= 11 is 0. The standard InChI is InChI=1S/C16H22N2.ClH/c1-2-4-17-15(3-1)10-18-16-13-6-11-5-12(8-13)9-14(16)7-11;/h1-4,11-14,16,18H,5-10H2;1H/p-1. The number of pyridine rings is 1. The van der Waals surface area contributed by atoms with Gasteiger partial charge in [-0.25, -0.2) is 0 Å². The van der Waals surface area contributed by atoms with Crippen molar-refractivity contribution < 1.29 is 12.4 Å². The maximum atomic E-state index is 4.42. The molecule has 0 amide bonds. The van der Waals surface area contributed by atoms with Gasteiger partial charge in [0, 0.05) is 18.8 Å². The number of halogens is 1. The summed E-state index contributed by atoms with van der Waals surface area (Å²) in [5.74, 6) is 4.07. The van der Waals surface area contributed by atoms with E-state index in [-0.39, 0.29) is 12.4 Å². The Hall–Kier alpha value is -0.600. The molecule has 1 aromatic heterocycles. The molecule has 1 aromatic rings. The average molecular weight is 278 g/mol. The molecule has 0 unspecified atom stereocenters. The quantitative estimate of drug-likeness (QED) is 0.841. The lowest BCUT2D eigenvalue weighted by Crippen LogP contribution is -3.00. The number of hydrogen-bond donors (Lipinski definition) is 1. The summed E-state index contributed by atoms with van der Waals surface area (Å²) < 4.78 is 0. The minimum atomic E-state index is 0. The first-order valence-electron chi connectivity index (χ1n) is 7.52. The largest absolute Gasteiger partial charge is 1.00 e. The molecule has 0 saturated heterocycles. The van der Waals surface area contributed by atoms with Gasteiger partial charge in [0.05, 0.1) is 5.69 Å². The van der Waals surface area contributed by atoms with Gasteiger partial charge in [-0.3, -0.25) is 4.98 Å². The summed E-state index contributed by atoms with van der Waals surface area (Å²) in [4.78, 5) is 4.42. The van der Waals surface area contributed by atoms with Crippen LogP contribution in [-0.4, -0.2) is 11.0 Å². The van der Waals surface area contributed by atoms with E-state index in [1.807, 2.05) is 12.3 Å². The molecule has 0 spiro atoms. The highest BCUT2D eigenvalue weighted by molar-refractivity contribution is 5.05. The summed E-state index contributed by atoms with van der Waals surface area (Å²) in [5.41, 5.74) is 1.19. The number of rotatable bonds is 3. The van der Waals surface area contributed by atoms with Crippen molar-refractivity contribution in [3.05, 3.63) is 30.1 Å². The second-order valence-corrected chi connectivity index (χ2v) is 6.66. The number of hydrogen-bond acceptors (Lipinski definition) is 2. The summed E-state index contributed by atoms with van der Waals surface area (Å²) in [6.45, 7) is 0.952. The van der Waals surface area contributed by atoms with Crippen LogP contribution in [0.3, 0.4) is 0 Å². The number of nitrogens with one attached hydrogen (secondary N) is 1. The molecule has 104 valence electrons. The van der Waals surface area contributed by atoms with E-state index in [1.165, 1.54) is 31.4 Å². The average Bonchev–Trinajstić information content (AvgIpc) is 2.38. The van der Waals surface area contributed by atoms with Crippen molar-refractivity contribution in [3.8, 4) is 0 Å². The second kappa shape index (κ2) is 5.41. The minimum absolute atomic E-state index is 0. The minimum Gasteiger partial charge on any atom is -1.00 e. The Labute approximate surface area is 121 Å².